The van der Waals surface area contributed by atoms with Crippen LogP contribution in [0.25, 0.3) is 0 Å². The highest BCUT2D eigenvalue weighted by Crippen LogP contribution is 2.24. The minimum Gasteiger partial charge on any atom is -0.298 e. The van der Waals surface area contributed by atoms with E-state index in [2.05, 4.69) is 25.7 Å². The highest BCUT2D eigenvalue weighted by Gasteiger charge is 2.22. The summed E-state index contributed by atoms with van der Waals surface area (Å²) < 4.78 is 0. The van der Waals surface area contributed by atoms with Crippen LogP contribution in [0, 0.1) is 0 Å². The van der Waals surface area contributed by atoms with E-state index in [0.717, 1.165) is 12.1 Å². The Hall–Kier alpha value is -0.0400. The van der Waals surface area contributed by atoms with Crippen LogP contribution in [0.5, 0.6) is 0 Å². The van der Waals surface area contributed by atoms with Gasteiger partial charge in [0.2, 0.25) is 0 Å². The van der Waals surface area contributed by atoms with Crippen LogP contribution in [0.4, 0.5) is 0 Å². The SMILES string of the molecule is CCCCCN(C(C)C)C1CCCCC1. The van der Waals surface area contributed by atoms with E-state index in [1.54, 1.807) is 0 Å². The normalized spacial score (nSPS) is 19.0. The molecule has 1 saturated carbocycles. The molecule has 0 aromatic carbocycles. The van der Waals surface area contributed by atoms with Crippen LogP contribution in [0.1, 0.15) is 72.1 Å². The third-order valence-corrected chi connectivity index (χ3v) is 3.73. The smallest absolute Gasteiger partial charge is 0.00979 e. The lowest BCUT2D eigenvalue weighted by Crippen LogP contribution is -2.42. The fourth-order valence-corrected chi connectivity index (χ4v) is 2.82. The average Bonchev–Trinajstić information content (AvgIpc) is 2.25. The van der Waals surface area contributed by atoms with Crippen molar-refractivity contribution in [3.05, 3.63) is 0 Å². The third-order valence-electron chi connectivity index (χ3n) is 3.73. The van der Waals surface area contributed by atoms with Crippen LogP contribution in [-0.4, -0.2) is 23.5 Å². The van der Waals surface area contributed by atoms with Gasteiger partial charge in [-0.1, -0.05) is 39.0 Å². The predicted octanol–water partition coefficient (Wildman–Crippen LogP) is 4.22. The lowest BCUT2D eigenvalue weighted by atomic mass is 9.93. The van der Waals surface area contributed by atoms with E-state index < -0.39 is 0 Å². The van der Waals surface area contributed by atoms with E-state index in [-0.39, 0.29) is 0 Å². The van der Waals surface area contributed by atoms with Crippen LogP contribution in [0.2, 0.25) is 0 Å². The molecule has 0 unspecified atom stereocenters. The first-order valence-electron chi connectivity index (χ1n) is 7.01. The quantitative estimate of drug-likeness (QED) is 0.595. The Kier molecular flexibility index (Phi) is 6.31. The highest BCUT2D eigenvalue weighted by molar-refractivity contribution is 4.78. The first-order chi connectivity index (χ1) is 7.25. The Morgan fingerprint density at radius 1 is 1.07 bits per heavy atom. The van der Waals surface area contributed by atoms with Crippen LogP contribution in [0.3, 0.4) is 0 Å². The molecule has 0 amide bonds. The zero-order valence-electron chi connectivity index (χ0n) is 11.0. The molecule has 1 rings (SSSR count). The van der Waals surface area contributed by atoms with Crippen molar-refractivity contribution in [3.63, 3.8) is 0 Å². The Morgan fingerprint density at radius 3 is 2.27 bits per heavy atom. The van der Waals surface area contributed by atoms with Gasteiger partial charge in [0.05, 0.1) is 0 Å². The van der Waals surface area contributed by atoms with E-state index >= 15 is 0 Å². The van der Waals surface area contributed by atoms with E-state index in [0.29, 0.717) is 0 Å². The molecule has 1 heteroatoms. The molecule has 0 spiro atoms. The van der Waals surface area contributed by atoms with Crippen molar-refractivity contribution in [2.75, 3.05) is 6.54 Å². The highest BCUT2D eigenvalue weighted by atomic mass is 15.2. The van der Waals surface area contributed by atoms with E-state index in [9.17, 15) is 0 Å². The molecule has 1 fully saturated rings. The van der Waals surface area contributed by atoms with Crippen LogP contribution < -0.4 is 0 Å². The molecule has 1 aliphatic rings. The number of nitrogens with zero attached hydrogens (tertiary/aromatic N) is 1. The van der Waals surface area contributed by atoms with Gasteiger partial charge in [0, 0.05) is 12.1 Å². The molecule has 1 nitrogen and oxygen atoms in total. The van der Waals surface area contributed by atoms with Crippen molar-refractivity contribution in [3.8, 4) is 0 Å². The molecule has 0 heterocycles. The molecule has 0 aromatic rings. The lowest BCUT2D eigenvalue weighted by molar-refractivity contribution is 0.118. The number of unbranched alkanes of at least 4 members (excludes halogenated alkanes) is 2. The predicted molar refractivity (Wildman–Crippen MR) is 68.2 cm³/mol. The summed E-state index contributed by atoms with van der Waals surface area (Å²) >= 11 is 0. The maximum absolute atomic E-state index is 2.76. The van der Waals surface area contributed by atoms with Gasteiger partial charge in [0.25, 0.3) is 0 Å². The van der Waals surface area contributed by atoms with Gasteiger partial charge < -0.3 is 0 Å². The monoisotopic (exact) mass is 211 g/mol. The molecule has 0 bridgehead atoms. The van der Waals surface area contributed by atoms with Gasteiger partial charge in [-0.25, -0.2) is 0 Å². The minimum absolute atomic E-state index is 0.741. The molecule has 0 atom stereocenters. The summed E-state index contributed by atoms with van der Waals surface area (Å²) in [5.41, 5.74) is 0. The van der Waals surface area contributed by atoms with Crippen LogP contribution >= 0.6 is 0 Å². The van der Waals surface area contributed by atoms with E-state index in [1.165, 1.54) is 57.9 Å². The Morgan fingerprint density at radius 2 is 1.73 bits per heavy atom. The first-order valence-corrected chi connectivity index (χ1v) is 7.01. The third kappa shape index (κ3) is 4.55. The van der Waals surface area contributed by atoms with Gasteiger partial charge in [-0.3, -0.25) is 4.90 Å². The second-order valence-corrected chi connectivity index (χ2v) is 5.33. The van der Waals surface area contributed by atoms with Crippen molar-refractivity contribution < 1.29 is 0 Å². The maximum Gasteiger partial charge on any atom is 0.00979 e. The second-order valence-electron chi connectivity index (χ2n) is 5.33. The summed E-state index contributed by atoms with van der Waals surface area (Å²) in [6.07, 6.45) is 11.4. The Balaban J connectivity index is 2.34. The van der Waals surface area contributed by atoms with Gasteiger partial charge >= 0.3 is 0 Å². The van der Waals surface area contributed by atoms with Crippen molar-refractivity contribution >= 4 is 0 Å². The molecular formula is C14H29N. The fourth-order valence-electron chi connectivity index (χ4n) is 2.82. The Bertz CT molecular complexity index is 147. The van der Waals surface area contributed by atoms with Gasteiger partial charge in [0.15, 0.2) is 0 Å². The van der Waals surface area contributed by atoms with E-state index in [4.69, 9.17) is 0 Å². The van der Waals surface area contributed by atoms with Gasteiger partial charge in [-0.2, -0.15) is 0 Å². The summed E-state index contributed by atoms with van der Waals surface area (Å²) in [7, 11) is 0. The first kappa shape index (κ1) is 13.0. The van der Waals surface area contributed by atoms with Crippen molar-refractivity contribution in [2.24, 2.45) is 0 Å². The molecule has 0 N–H and O–H groups in total. The van der Waals surface area contributed by atoms with E-state index in [1.807, 2.05) is 0 Å². The molecule has 0 aliphatic heterocycles. The standard InChI is InChI=1S/C14H29N/c1-4-5-9-12-15(13(2)3)14-10-7-6-8-11-14/h13-14H,4-12H2,1-3H3. The zero-order valence-corrected chi connectivity index (χ0v) is 11.0. The molecule has 1 aliphatic carbocycles. The lowest BCUT2D eigenvalue weighted by Gasteiger charge is -2.37. The summed E-state index contributed by atoms with van der Waals surface area (Å²) in [6, 6.07) is 1.64. The molecule has 0 aromatic heterocycles. The van der Waals surface area contributed by atoms with Gasteiger partial charge in [-0.05, 0) is 39.7 Å². The molecule has 0 saturated heterocycles. The summed E-state index contributed by atoms with van der Waals surface area (Å²) in [6.45, 7) is 8.34. The van der Waals surface area contributed by atoms with Crippen LogP contribution in [-0.2, 0) is 0 Å². The van der Waals surface area contributed by atoms with Gasteiger partial charge in [-0.15, -0.1) is 0 Å². The molecule has 0 radical (unpaired) electrons. The summed E-state index contributed by atoms with van der Waals surface area (Å²) in [5, 5.41) is 0. The van der Waals surface area contributed by atoms with Crippen molar-refractivity contribution in [1.82, 2.24) is 4.90 Å². The number of hydrogen-bond acceptors (Lipinski definition) is 1. The number of hydrogen-bond donors (Lipinski definition) is 0. The topological polar surface area (TPSA) is 3.24 Å². The number of rotatable bonds is 6. The van der Waals surface area contributed by atoms with Gasteiger partial charge in [0.1, 0.15) is 0 Å². The molecular weight excluding hydrogens is 182 g/mol. The average molecular weight is 211 g/mol. The van der Waals surface area contributed by atoms with Crippen LogP contribution in [0.15, 0.2) is 0 Å². The molecule has 90 valence electrons. The minimum atomic E-state index is 0.741. The maximum atomic E-state index is 2.76. The van der Waals surface area contributed by atoms with Crippen molar-refractivity contribution in [2.45, 2.75) is 84.2 Å². The molecule has 15 heavy (non-hydrogen) atoms. The summed E-state index contributed by atoms with van der Waals surface area (Å²) in [5.74, 6) is 0. The summed E-state index contributed by atoms with van der Waals surface area (Å²) in [4.78, 5) is 2.76. The second kappa shape index (κ2) is 7.27. The van der Waals surface area contributed by atoms with Crippen molar-refractivity contribution in [1.29, 1.82) is 0 Å². The largest absolute Gasteiger partial charge is 0.298 e. The Labute approximate surface area is 96.2 Å². The zero-order chi connectivity index (χ0) is 11.1. The fraction of sp³-hybridized carbons (Fsp3) is 1.00.